The van der Waals surface area contributed by atoms with Gasteiger partial charge in [0.2, 0.25) is 17.7 Å². The molecule has 248 valence electrons. The van der Waals surface area contributed by atoms with Gasteiger partial charge in [0.05, 0.1) is 13.1 Å². The molecule has 0 bridgehead atoms. The smallest absolute Gasteiger partial charge is 0.371 e. The lowest BCUT2D eigenvalue weighted by molar-refractivity contribution is -0.205. The maximum absolute atomic E-state index is 14.3. The lowest BCUT2D eigenvalue weighted by atomic mass is 9.98. The van der Waals surface area contributed by atoms with Crippen molar-refractivity contribution in [2.24, 2.45) is 0 Å². The fraction of sp³-hybridized carbons (Fsp3) is 0.303. The third kappa shape index (κ3) is 8.22. The number of carbonyl (C=O) groups excluding carboxylic acids is 3. The zero-order valence-corrected chi connectivity index (χ0v) is 28.9. The van der Waals surface area contributed by atoms with Crippen molar-refractivity contribution >= 4 is 55.2 Å². The molecule has 2 aliphatic rings. The number of thiol groups is 1. The number of aryl methyl sites for hydroxylation is 1. The van der Waals surface area contributed by atoms with Gasteiger partial charge in [-0.2, -0.15) is 13.1 Å². The molecule has 3 aromatic carbocycles. The molecule has 2 fully saturated rings. The van der Waals surface area contributed by atoms with E-state index >= 15 is 0 Å². The maximum Gasteiger partial charge on any atom is 0.382 e. The number of piperazine rings is 1. The van der Waals surface area contributed by atoms with Crippen molar-refractivity contribution in [1.82, 2.24) is 24.5 Å². The van der Waals surface area contributed by atoms with Crippen LogP contribution < -0.4 is 14.2 Å². The van der Waals surface area contributed by atoms with Gasteiger partial charge in [-0.05, 0) is 46.6 Å². The molecular weight excluding hydrogens is 658 g/mol. The molecule has 0 aromatic heterocycles. The summed E-state index contributed by atoms with van der Waals surface area (Å²) in [7, 11) is -0.0817. The number of hydrazine groups is 1. The molecule has 3 aromatic rings. The first-order valence-corrected chi connectivity index (χ1v) is 17.5. The van der Waals surface area contributed by atoms with Crippen molar-refractivity contribution in [3.63, 3.8) is 0 Å². The molecule has 47 heavy (non-hydrogen) atoms. The van der Waals surface area contributed by atoms with Crippen LogP contribution >= 0.6 is 21.9 Å². The summed E-state index contributed by atoms with van der Waals surface area (Å²) in [4.78, 5) is 46.1. The SMILES string of the molecule is C=CCN1CC(=O)N2[C@@H](Cc3ccc(OS(=O)(=O)NC)cc3)C(=O)N(Cc3ccc(P)cc3S)C[C@@H]2N1C(=O)CCc1ccccc1. The minimum atomic E-state index is -3.96. The van der Waals surface area contributed by atoms with Crippen LogP contribution in [0.4, 0.5) is 0 Å². The Morgan fingerprint density at radius 3 is 2.47 bits per heavy atom. The van der Waals surface area contributed by atoms with E-state index in [0.717, 1.165) is 21.3 Å². The van der Waals surface area contributed by atoms with Crippen LogP contribution in [0.3, 0.4) is 0 Å². The Morgan fingerprint density at radius 1 is 1.09 bits per heavy atom. The predicted octanol–water partition coefficient (Wildman–Crippen LogP) is 2.30. The lowest BCUT2D eigenvalue weighted by Crippen LogP contribution is -2.75. The summed E-state index contributed by atoms with van der Waals surface area (Å²) in [6.45, 7) is 4.38. The third-order valence-corrected chi connectivity index (χ3v) is 9.86. The second-order valence-electron chi connectivity index (χ2n) is 11.4. The minimum absolute atomic E-state index is 0.0888. The lowest BCUT2D eigenvalue weighted by Gasteiger charge is -2.55. The fourth-order valence-electron chi connectivity index (χ4n) is 5.91. The molecule has 14 heteroatoms. The van der Waals surface area contributed by atoms with E-state index in [4.69, 9.17) is 4.18 Å². The van der Waals surface area contributed by atoms with Crippen LogP contribution in [0.2, 0.25) is 0 Å². The monoisotopic (exact) mass is 695 g/mol. The number of hydrogen-bond donors (Lipinski definition) is 2. The van der Waals surface area contributed by atoms with Gasteiger partial charge in [-0.15, -0.1) is 28.4 Å². The molecule has 1 unspecified atom stereocenters. The Morgan fingerprint density at radius 2 is 1.81 bits per heavy atom. The zero-order valence-electron chi connectivity index (χ0n) is 26.0. The van der Waals surface area contributed by atoms with Crippen LogP contribution in [0.25, 0.3) is 0 Å². The molecule has 2 saturated heterocycles. The van der Waals surface area contributed by atoms with E-state index in [9.17, 15) is 22.8 Å². The van der Waals surface area contributed by atoms with E-state index in [1.54, 1.807) is 38.0 Å². The highest BCUT2D eigenvalue weighted by atomic mass is 32.2. The van der Waals surface area contributed by atoms with Gasteiger partial charge in [0.15, 0.2) is 0 Å². The molecule has 3 amide bonds. The van der Waals surface area contributed by atoms with E-state index in [0.29, 0.717) is 12.0 Å². The number of nitrogens with one attached hydrogen (secondary N) is 1. The molecule has 0 spiro atoms. The molecule has 5 rings (SSSR count). The number of carbonyl (C=O) groups is 3. The standard InChI is InChI=1S/C33H38N5O6PS2/c1-3-17-36-22-32(40)37-28(18-24-9-13-26(14-10-24)44-47(42,43)34-2)33(41)35(20-25-12-15-27(45)19-29(25)46)21-30(37)38(36)31(39)16-11-23-7-5-4-6-8-23/h3-10,12-15,19,28,30,34,46H,1,11,16-18,20-22,45H2,2H3/t28-,30-/m0/s1. The van der Waals surface area contributed by atoms with E-state index in [1.165, 1.54) is 19.2 Å². The van der Waals surface area contributed by atoms with Crippen LogP contribution in [0.5, 0.6) is 5.75 Å². The molecule has 2 aliphatic heterocycles. The van der Waals surface area contributed by atoms with Crippen LogP contribution in [-0.2, 0) is 44.1 Å². The topological polar surface area (TPSA) is 120 Å². The highest BCUT2D eigenvalue weighted by molar-refractivity contribution is 7.85. The Kier molecular flexibility index (Phi) is 11.0. The molecule has 0 radical (unpaired) electrons. The van der Waals surface area contributed by atoms with Crippen molar-refractivity contribution in [3.05, 3.63) is 102 Å². The number of nitrogens with zero attached hydrogens (tertiary/aromatic N) is 4. The Hall–Kier alpha value is -3.74. The quantitative estimate of drug-likeness (QED) is 0.170. The summed E-state index contributed by atoms with van der Waals surface area (Å²) in [6.07, 6.45) is 1.77. The van der Waals surface area contributed by atoms with E-state index < -0.39 is 22.5 Å². The van der Waals surface area contributed by atoms with Gasteiger partial charge in [0.1, 0.15) is 18.0 Å². The van der Waals surface area contributed by atoms with Gasteiger partial charge in [-0.3, -0.25) is 14.4 Å². The summed E-state index contributed by atoms with van der Waals surface area (Å²) in [6, 6.07) is 20.8. The number of fused-ring (bicyclic) bond motifs is 1. The third-order valence-electron chi connectivity index (χ3n) is 8.17. The van der Waals surface area contributed by atoms with Crippen LogP contribution in [-0.4, -0.2) is 84.8 Å². The van der Waals surface area contributed by atoms with E-state index in [2.05, 4.69) is 33.2 Å². The summed E-state index contributed by atoms with van der Waals surface area (Å²) < 4.78 is 30.8. The van der Waals surface area contributed by atoms with Gasteiger partial charge < -0.3 is 14.0 Å². The van der Waals surface area contributed by atoms with E-state index in [-0.39, 0.29) is 62.5 Å². The van der Waals surface area contributed by atoms with Gasteiger partial charge in [-0.1, -0.05) is 60.7 Å². The first-order valence-electron chi connectivity index (χ1n) is 15.1. The number of benzene rings is 3. The molecular formula is C33H38N5O6PS2. The molecule has 1 N–H and O–H groups in total. The van der Waals surface area contributed by atoms with Gasteiger partial charge in [0, 0.05) is 37.9 Å². The largest absolute Gasteiger partial charge is 0.382 e. The number of rotatable bonds is 12. The van der Waals surface area contributed by atoms with Gasteiger partial charge in [-0.25, -0.2) is 10.0 Å². The number of amides is 3. The second kappa shape index (κ2) is 15.0. The van der Waals surface area contributed by atoms with Crippen molar-refractivity contribution in [2.45, 2.75) is 42.9 Å². The van der Waals surface area contributed by atoms with Gasteiger partial charge in [0.25, 0.3) is 0 Å². The molecule has 0 saturated carbocycles. The Balaban J connectivity index is 1.49. The minimum Gasteiger partial charge on any atom is -0.371 e. The summed E-state index contributed by atoms with van der Waals surface area (Å²) in [5, 5.41) is 4.29. The average molecular weight is 696 g/mol. The van der Waals surface area contributed by atoms with Crippen molar-refractivity contribution < 1.29 is 27.0 Å². The van der Waals surface area contributed by atoms with Gasteiger partial charge >= 0.3 is 10.3 Å². The van der Waals surface area contributed by atoms with Crippen LogP contribution in [0, 0.1) is 0 Å². The van der Waals surface area contributed by atoms with Crippen molar-refractivity contribution in [3.8, 4) is 5.75 Å². The normalized spacial score (nSPS) is 18.7. The van der Waals surface area contributed by atoms with Crippen molar-refractivity contribution in [2.75, 3.05) is 26.7 Å². The summed E-state index contributed by atoms with van der Waals surface area (Å²) >= 11 is 4.65. The highest BCUT2D eigenvalue weighted by Gasteiger charge is 2.51. The molecule has 3 atom stereocenters. The Labute approximate surface area is 283 Å². The zero-order chi connectivity index (χ0) is 33.7. The molecule has 11 nitrogen and oxygen atoms in total. The molecule has 2 heterocycles. The summed E-state index contributed by atoms with van der Waals surface area (Å²) in [5.74, 6) is -0.602. The first-order chi connectivity index (χ1) is 22.5. The van der Waals surface area contributed by atoms with Crippen molar-refractivity contribution in [1.29, 1.82) is 0 Å². The maximum atomic E-state index is 14.3. The summed E-state index contributed by atoms with van der Waals surface area (Å²) in [5.41, 5.74) is 2.54. The Bertz CT molecular complexity index is 1740. The first kappa shape index (κ1) is 34.6. The fourth-order valence-corrected chi connectivity index (χ4v) is 7.05. The van der Waals surface area contributed by atoms with Crippen LogP contribution in [0.1, 0.15) is 23.1 Å². The second-order valence-corrected chi connectivity index (χ2v) is 14.0. The predicted molar refractivity (Wildman–Crippen MR) is 185 cm³/mol. The average Bonchev–Trinajstić information content (AvgIpc) is 3.04. The van der Waals surface area contributed by atoms with E-state index in [1.807, 2.05) is 48.5 Å². The highest BCUT2D eigenvalue weighted by Crippen LogP contribution is 2.31. The number of hydrogen-bond acceptors (Lipinski definition) is 8. The molecule has 0 aliphatic carbocycles. The van der Waals surface area contributed by atoms with Crippen LogP contribution in [0.15, 0.2) is 90.3 Å².